The van der Waals surface area contributed by atoms with Gasteiger partial charge in [0.25, 0.3) is 5.91 Å². The largest absolute Gasteiger partial charge is 0.367 e. The molecule has 2 N–H and O–H groups in total. The third-order valence-electron chi connectivity index (χ3n) is 2.94. The van der Waals surface area contributed by atoms with Crippen LogP contribution in [0.25, 0.3) is 0 Å². The maximum atomic E-state index is 11.7. The number of aromatic nitrogens is 1. The van der Waals surface area contributed by atoms with Gasteiger partial charge < -0.3 is 10.3 Å². The van der Waals surface area contributed by atoms with Crippen LogP contribution >= 0.6 is 0 Å². The summed E-state index contributed by atoms with van der Waals surface area (Å²) in [4.78, 5) is 25.9. The van der Waals surface area contributed by atoms with Gasteiger partial charge in [-0.1, -0.05) is 0 Å². The fraction of sp³-hybridized carbons (Fsp3) is 0.455. The minimum atomic E-state index is -0.279. The van der Waals surface area contributed by atoms with Gasteiger partial charge in [-0.25, -0.2) is 0 Å². The number of aromatic amines is 1. The van der Waals surface area contributed by atoms with E-state index in [9.17, 15) is 9.59 Å². The van der Waals surface area contributed by atoms with Gasteiger partial charge in [-0.2, -0.15) is 0 Å². The standard InChI is InChI=1S/C11H14N2O2/c1-11(4-2-5-11)13-10(15)8-7-12-6-3-9(8)14/h3,6-7H,2,4-5H2,1H3,(H,12,14)(H,13,15). The van der Waals surface area contributed by atoms with Crippen LogP contribution in [0.15, 0.2) is 23.3 Å². The minimum Gasteiger partial charge on any atom is -0.367 e. The summed E-state index contributed by atoms with van der Waals surface area (Å²) in [6, 6.07) is 1.36. The van der Waals surface area contributed by atoms with Crippen molar-refractivity contribution in [3.8, 4) is 0 Å². The topological polar surface area (TPSA) is 62.0 Å². The molecule has 15 heavy (non-hydrogen) atoms. The molecule has 0 bridgehead atoms. The van der Waals surface area contributed by atoms with Gasteiger partial charge in [-0.15, -0.1) is 0 Å². The van der Waals surface area contributed by atoms with E-state index in [2.05, 4.69) is 10.3 Å². The van der Waals surface area contributed by atoms with E-state index in [1.54, 1.807) is 0 Å². The van der Waals surface area contributed by atoms with Crippen LogP contribution in [0.5, 0.6) is 0 Å². The van der Waals surface area contributed by atoms with E-state index in [0.29, 0.717) is 0 Å². The number of hydrogen-bond acceptors (Lipinski definition) is 2. The Kier molecular flexibility index (Phi) is 2.34. The molecule has 4 heteroatoms. The Hall–Kier alpha value is -1.58. The average Bonchev–Trinajstić information content (AvgIpc) is 2.16. The molecular weight excluding hydrogens is 192 g/mol. The molecule has 0 unspecified atom stereocenters. The molecule has 0 spiro atoms. The van der Waals surface area contributed by atoms with E-state index >= 15 is 0 Å². The molecule has 4 nitrogen and oxygen atoms in total. The fourth-order valence-corrected chi connectivity index (χ4v) is 1.77. The van der Waals surface area contributed by atoms with E-state index < -0.39 is 0 Å². The van der Waals surface area contributed by atoms with Gasteiger partial charge in [0, 0.05) is 24.0 Å². The molecule has 1 aromatic rings. The van der Waals surface area contributed by atoms with Crippen molar-refractivity contribution in [3.63, 3.8) is 0 Å². The summed E-state index contributed by atoms with van der Waals surface area (Å²) in [7, 11) is 0. The van der Waals surface area contributed by atoms with Crippen LogP contribution in [-0.2, 0) is 0 Å². The molecule has 1 saturated carbocycles. The zero-order chi connectivity index (χ0) is 10.9. The number of pyridine rings is 1. The molecule has 2 rings (SSSR count). The number of hydrogen-bond donors (Lipinski definition) is 2. The minimum absolute atomic E-state index is 0.112. The Balaban J connectivity index is 2.15. The quantitative estimate of drug-likeness (QED) is 0.759. The van der Waals surface area contributed by atoms with E-state index in [-0.39, 0.29) is 22.4 Å². The Labute approximate surface area is 87.7 Å². The van der Waals surface area contributed by atoms with Crippen LogP contribution in [0, 0.1) is 0 Å². The second-order valence-corrected chi connectivity index (χ2v) is 4.29. The summed E-state index contributed by atoms with van der Waals surface area (Å²) in [5.74, 6) is -0.279. The lowest BCUT2D eigenvalue weighted by Gasteiger charge is -2.39. The molecule has 0 aliphatic heterocycles. The normalized spacial score (nSPS) is 17.9. The summed E-state index contributed by atoms with van der Waals surface area (Å²) >= 11 is 0. The van der Waals surface area contributed by atoms with Crippen molar-refractivity contribution in [1.29, 1.82) is 0 Å². The van der Waals surface area contributed by atoms with Gasteiger partial charge in [-0.3, -0.25) is 9.59 Å². The van der Waals surface area contributed by atoms with Crippen LogP contribution < -0.4 is 10.7 Å². The lowest BCUT2D eigenvalue weighted by Crippen LogP contribution is -2.51. The van der Waals surface area contributed by atoms with E-state index in [1.807, 2.05) is 6.92 Å². The first-order valence-corrected chi connectivity index (χ1v) is 5.10. The molecule has 1 fully saturated rings. The molecule has 0 aromatic carbocycles. The first kappa shape index (κ1) is 9.96. The smallest absolute Gasteiger partial charge is 0.257 e. The molecule has 0 saturated heterocycles. The first-order chi connectivity index (χ1) is 7.11. The molecule has 1 aliphatic rings. The third-order valence-corrected chi connectivity index (χ3v) is 2.94. The predicted octanol–water partition coefficient (Wildman–Crippen LogP) is 1.05. The Morgan fingerprint density at radius 1 is 1.53 bits per heavy atom. The van der Waals surface area contributed by atoms with Crippen LogP contribution in [0.4, 0.5) is 0 Å². The van der Waals surface area contributed by atoms with Gasteiger partial charge in [-0.05, 0) is 26.2 Å². The Bertz CT molecular complexity index is 432. The number of carbonyl (C=O) groups excluding carboxylic acids is 1. The van der Waals surface area contributed by atoms with Gasteiger partial charge in [0.1, 0.15) is 5.56 Å². The molecule has 0 atom stereocenters. The highest BCUT2D eigenvalue weighted by atomic mass is 16.2. The molecule has 1 heterocycles. The lowest BCUT2D eigenvalue weighted by molar-refractivity contribution is 0.0849. The van der Waals surface area contributed by atoms with Crippen molar-refractivity contribution in [1.82, 2.24) is 10.3 Å². The zero-order valence-electron chi connectivity index (χ0n) is 8.67. The number of rotatable bonds is 2. The zero-order valence-corrected chi connectivity index (χ0v) is 8.67. The maximum absolute atomic E-state index is 11.7. The van der Waals surface area contributed by atoms with Gasteiger partial charge in [0.2, 0.25) is 0 Å². The number of carbonyl (C=O) groups is 1. The predicted molar refractivity (Wildman–Crippen MR) is 56.8 cm³/mol. The summed E-state index contributed by atoms with van der Waals surface area (Å²) in [6.45, 7) is 2.01. The monoisotopic (exact) mass is 206 g/mol. The number of amides is 1. The molecule has 0 radical (unpaired) electrons. The van der Waals surface area contributed by atoms with E-state index in [1.165, 1.54) is 18.5 Å². The highest BCUT2D eigenvalue weighted by Gasteiger charge is 2.33. The van der Waals surface area contributed by atoms with Crippen LogP contribution in [0.2, 0.25) is 0 Å². The van der Waals surface area contributed by atoms with E-state index in [4.69, 9.17) is 0 Å². The van der Waals surface area contributed by atoms with Crippen LogP contribution in [0.3, 0.4) is 0 Å². The Morgan fingerprint density at radius 3 is 2.80 bits per heavy atom. The third kappa shape index (κ3) is 1.93. The average molecular weight is 206 g/mol. The fourth-order valence-electron chi connectivity index (χ4n) is 1.77. The SMILES string of the molecule is CC1(NC(=O)c2c[nH]ccc2=O)CCC1. The second kappa shape index (κ2) is 3.53. The highest BCUT2D eigenvalue weighted by Crippen LogP contribution is 2.30. The first-order valence-electron chi connectivity index (χ1n) is 5.10. The maximum Gasteiger partial charge on any atom is 0.257 e. The van der Waals surface area contributed by atoms with Gasteiger partial charge in [0.15, 0.2) is 5.43 Å². The summed E-state index contributed by atoms with van der Waals surface area (Å²) in [6.07, 6.45) is 6.08. The van der Waals surface area contributed by atoms with Crippen molar-refractivity contribution >= 4 is 5.91 Å². The second-order valence-electron chi connectivity index (χ2n) is 4.29. The van der Waals surface area contributed by atoms with Crippen molar-refractivity contribution in [2.24, 2.45) is 0 Å². The molecular formula is C11H14N2O2. The summed E-state index contributed by atoms with van der Waals surface area (Å²) in [5, 5.41) is 2.89. The summed E-state index contributed by atoms with van der Waals surface area (Å²) in [5.41, 5.74) is -0.167. The lowest BCUT2D eigenvalue weighted by atomic mass is 9.78. The van der Waals surface area contributed by atoms with Gasteiger partial charge >= 0.3 is 0 Å². The molecule has 80 valence electrons. The Morgan fingerprint density at radius 2 is 2.27 bits per heavy atom. The molecule has 1 amide bonds. The molecule has 1 aliphatic carbocycles. The number of nitrogens with one attached hydrogen (secondary N) is 2. The summed E-state index contributed by atoms with van der Waals surface area (Å²) < 4.78 is 0. The van der Waals surface area contributed by atoms with Crippen molar-refractivity contribution < 1.29 is 4.79 Å². The van der Waals surface area contributed by atoms with Crippen LogP contribution in [-0.4, -0.2) is 16.4 Å². The van der Waals surface area contributed by atoms with Crippen molar-refractivity contribution in [2.45, 2.75) is 31.7 Å². The highest BCUT2D eigenvalue weighted by molar-refractivity contribution is 5.94. The van der Waals surface area contributed by atoms with Crippen molar-refractivity contribution in [2.75, 3.05) is 0 Å². The van der Waals surface area contributed by atoms with E-state index in [0.717, 1.165) is 19.3 Å². The van der Waals surface area contributed by atoms with Gasteiger partial charge in [0.05, 0.1) is 0 Å². The van der Waals surface area contributed by atoms with Crippen molar-refractivity contribution in [3.05, 3.63) is 34.2 Å². The molecule has 1 aromatic heterocycles. The van der Waals surface area contributed by atoms with Crippen LogP contribution in [0.1, 0.15) is 36.5 Å². The number of H-pyrrole nitrogens is 1.